The number of hydrogen-bond donors (Lipinski definition) is 2. The van der Waals surface area contributed by atoms with E-state index in [1.54, 1.807) is 18.2 Å². The zero-order valence-corrected chi connectivity index (χ0v) is 20.5. The number of carbonyl (C=O) groups is 2. The van der Waals surface area contributed by atoms with Gasteiger partial charge >= 0.3 is 0 Å². The van der Waals surface area contributed by atoms with Crippen LogP contribution in [0.5, 0.6) is 5.75 Å². The van der Waals surface area contributed by atoms with E-state index in [9.17, 15) is 14.9 Å². The lowest BCUT2D eigenvalue weighted by molar-refractivity contribution is -0.118. The molecule has 0 fully saturated rings. The van der Waals surface area contributed by atoms with Crippen molar-refractivity contribution in [2.24, 2.45) is 0 Å². The number of halogens is 1. The third-order valence-corrected chi connectivity index (χ3v) is 5.45. The number of benzene rings is 3. The lowest BCUT2D eigenvalue weighted by Crippen LogP contribution is -2.24. The molecule has 3 aromatic rings. The van der Waals surface area contributed by atoms with Crippen LogP contribution in [0, 0.1) is 25.2 Å². The molecular weight excluding hydrogens is 494 g/mol. The first kappa shape index (κ1) is 24.7. The lowest BCUT2D eigenvalue weighted by atomic mass is 10.1. The van der Waals surface area contributed by atoms with Crippen LogP contribution >= 0.6 is 15.9 Å². The van der Waals surface area contributed by atoms with E-state index >= 15 is 0 Å². The molecule has 3 aromatic carbocycles. The molecule has 0 aliphatic carbocycles. The summed E-state index contributed by atoms with van der Waals surface area (Å²) in [5.74, 6) is -0.430. The van der Waals surface area contributed by atoms with Crippen molar-refractivity contribution < 1.29 is 14.3 Å². The Morgan fingerprint density at radius 1 is 1.06 bits per heavy atom. The molecule has 0 aliphatic rings. The largest absolute Gasteiger partial charge is 0.483 e. The van der Waals surface area contributed by atoms with Crippen LogP contribution in [0.4, 0.5) is 5.69 Å². The highest BCUT2D eigenvalue weighted by molar-refractivity contribution is 9.10. The normalized spacial score (nSPS) is 10.8. The fourth-order valence-corrected chi connectivity index (χ4v) is 3.52. The van der Waals surface area contributed by atoms with E-state index in [1.807, 2.05) is 68.4 Å². The first-order valence-corrected chi connectivity index (χ1v) is 11.4. The molecule has 0 bridgehead atoms. The van der Waals surface area contributed by atoms with Crippen LogP contribution in [0.3, 0.4) is 0 Å². The minimum absolute atomic E-state index is 0.0706. The van der Waals surface area contributed by atoms with Gasteiger partial charge in [-0.1, -0.05) is 58.4 Å². The molecule has 7 heteroatoms. The van der Waals surface area contributed by atoms with Crippen molar-refractivity contribution in [3.8, 4) is 11.8 Å². The Kier molecular flexibility index (Phi) is 8.60. The van der Waals surface area contributed by atoms with Gasteiger partial charge in [-0.05, 0) is 60.9 Å². The van der Waals surface area contributed by atoms with Crippen molar-refractivity contribution >= 4 is 39.5 Å². The number of anilines is 1. The van der Waals surface area contributed by atoms with Crippen molar-refractivity contribution in [3.63, 3.8) is 0 Å². The molecule has 0 unspecified atom stereocenters. The summed E-state index contributed by atoms with van der Waals surface area (Å²) in [6.07, 6.45) is 1.45. The summed E-state index contributed by atoms with van der Waals surface area (Å²) in [6, 6.07) is 22.3. The summed E-state index contributed by atoms with van der Waals surface area (Å²) in [7, 11) is 0. The van der Waals surface area contributed by atoms with Gasteiger partial charge in [-0.2, -0.15) is 5.26 Å². The molecule has 2 N–H and O–H groups in total. The van der Waals surface area contributed by atoms with Crippen molar-refractivity contribution in [1.29, 1.82) is 5.26 Å². The van der Waals surface area contributed by atoms with Gasteiger partial charge in [0.25, 0.3) is 11.8 Å². The zero-order chi connectivity index (χ0) is 24.5. The predicted molar refractivity (Wildman–Crippen MR) is 136 cm³/mol. The first-order chi connectivity index (χ1) is 16.4. The van der Waals surface area contributed by atoms with E-state index in [2.05, 4.69) is 26.6 Å². The van der Waals surface area contributed by atoms with Gasteiger partial charge in [0.1, 0.15) is 17.4 Å². The summed E-state index contributed by atoms with van der Waals surface area (Å²) in [5.41, 5.74) is 4.07. The van der Waals surface area contributed by atoms with Crippen molar-refractivity contribution in [2.75, 3.05) is 11.9 Å². The third-order valence-electron chi connectivity index (χ3n) is 4.96. The maximum Gasteiger partial charge on any atom is 0.262 e. The number of carbonyl (C=O) groups excluding carboxylic acids is 2. The highest BCUT2D eigenvalue weighted by Gasteiger charge is 2.13. The second kappa shape index (κ2) is 11.8. The highest BCUT2D eigenvalue weighted by atomic mass is 79.9. The quantitative estimate of drug-likeness (QED) is 0.313. The Labute approximate surface area is 207 Å². The van der Waals surface area contributed by atoms with Gasteiger partial charge in [0, 0.05) is 22.3 Å². The molecule has 0 aliphatic heterocycles. The average molecular weight is 518 g/mol. The Morgan fingerprint density at radius 2 is 1.82 bits per heavy atom. The molecule has 0 atom stereocenters. The molecule has 34 heavy (non-hydrogen) atoms. The summed E-state index contributed by atoms with van der Waals surface area (Å²) >= 11 is 3.40. The van der Waals surface area contributed by atoms with Crippen LogP contribution < -0.4 is 15.4 Å². The molecule has 0 saturated heterocycles. The van der Waals surface area contributed by atoms with Crippen molar-refractivity contribution in [2.45, 2.75) is 20.4 Å². The van der Waals surface area contributed by atoms with Crippen LogP contribution in [0.15, 0.2) is 76.8 Å². The predicted octanol–water partition coefficient (Wildman–Crippen LogP) is 5.31. The second-order valence-corrected chi connectivity index (χ2v) is 8.59. The van der Waals surface area contributed by atoms with Gasteiger partial charge in [0.05, 0.1) is 0 Å². The third kappa shape index (κ3) is 7.06. The van der Waals surface area contributed by atoms with Gasteiger partial charge < -0.3 is 15.4 Å². The smallest absolute Gasteiger partial charge is 0.262 e. The van der Waals surface area contributed by atoms with E-state index in [0.29, 0.717) is 17.9 Å². The molecule has 172 valence electrons. The van der Waals surface area contributed by atoms with Gasteiger partial charge in [-0.3, -0.25) is 9.59 Å². The summed E-state index contributed by atoms with van der Waals surface area (Å²) in [5, 5.41) is 15.1. The Balaban J connectivity index is 1.71. The maximum atomic E-state index is 12.6. The number of hydrogen-bond acceptors (Lipinski definition) is 4. The number of rotatable bonds is 8. The monoisotopic (exact) mass is 517 g/mol. The first-order valence-electron chi connectivity index (χ1n) is 10.6. The second-order valence-electron chi connectivity index (χ2n) is 7.68. The van der Waals surface area contributed by atoms with Crippen LogP contribution in [-0.2, 0) is 16.1 Å². The Hall–Kier alpha value is -3.89. The average Bonchev–Trinajstić information content (AvgIpc) is 2.83. The number of ether oxygens (including phenoxy) is 1. The highest BCUT2D eigenvalue weighted by Crippen LogP contribution is 2.26. The van der Waals surface area contributed by atoms with Crippen LogP contribution in [0.25, 0.3) is 6.08 Å². The molecule has 0 aromatic heterocycles. The number of nitriles is 1. The molecule has 0 spiro atoms. The molecule has 3 rings (SSSR count). The Bertz CT molecular complexity index is 1260. The molecular formula is C27H24BrN3O3. The van der Waals surface area contributed by atoms with E-state index in [0.717, 1.165) is 26.9 Å². The minimum Gasteiger partial charge on any atom is -0.483 e. The number of amides is 2. The van der Waals surface area contributed by atoms with Gasteiger partial charge in [0.2, 0.25) is 0 Å². The maximum absolute atomic E-state index is 12.6. The fraction of sp³-hybridized carbons (Fsp3) is 0.148. The summed E-state index contributed by atoms with van der Waals surface area (Å²) in [4.78, 5) is 25.0. The minimum atomic E-state index is -0.495. The summed E-state index contributed by atoms with van der Waals surface area (Å²) in [6.45, 7) is 3.95. The molecule has 0 saturated carbocycles. The van der Waals surface area contributed by atoms with E-state index in [4.69, 9.17) is 4.74 Å². The molecule has 6 nitrogen and oxygen atoms in total. The number of nitrogens with one attached hydrogen (secondary N) is 2. The lowest BCUT2D eigenvalue weighted by Gasteiger charge is -2.12. The topological polar surface area (TPSA) is 91.2 Å². The summed E-state index contributed by atoms with van der Waals surface area (Å²) < 4.78 is 6.48. The fourth-order valence-electron chi connectivity index (χ4n) is 3.14. The SMILES string of the molecule is Cc1ccc(C)c(NC(=O)COc2ccc(Br)cc2/C=C(\C#N)C(=O)NCc2ccccc2)c1. The zero-order valence-electron chi connectivity index (χ0n) is 18.9. The molecule has 2 amide bonds. The molecule has 0 radical (unpaired) electrons. The van der Waals surface area contributed by atoms with Crippen LogP contribution in [0.2, 0.25) is 0 Å². The van der Waals surface area contributed by atoms with E-state index < -0.39 is 5.91 Å². The van der Waals surface area contributed by atoms with E-state index in [-0.39, 0.29) is 18.1 Å². The van der Waals surface area contributed by atoms with Gasteiger partial charge in [-0.25, -0.2) is 0 Å². The van der Waals surface area contributed by atoms with Crippen LogP contribution in [-0.4, -0.2) is 18.4 Å². The van der Waals surface area contributed by atoms with Crippen LogP contribution in [0.1, 0.15) is 22.3 Å². The Morgan fingerprint density at radius 3 is 2.56 bits per heavy atom. The molecule has 0 heterocycles. The standard InChI is InChI=1S/C27H24BrN3O3/c1-18-8-9-19(2)24(12-18)31-26(32)17-34-25-11-10-23(28)14-21(25)13-22(15-29)27(33)30-16-20-6-4-3-5-7-20/h3-14H,16-17H2,1-2H3,(H,30,33)(H,31,32)/b22-13+. The van der Waals surface area contributed by atoms with E-state index in [1.165, 1.54) is 6.08 Å². The van der Waals surface area contributed by atoms with Crippen molar-refractivity contribution in [1.82, 2.24) is 5.32 Å². The van der Waals surface area contributed by atoms with Gasteiger partial charge in [0.15, 0.2) is 6.61 Å². The number of aryl methyl sites for hydroxylation is 2. The van der Waals surface area contributed by atoms with Gasteiger partial charge in [-0.15, -0.1) is 0 Å². The number of nitrogens with zero attached hydrogens (tertiary/aromatic N) is 1. The van der Waals surface area contributed by atoms with Crippen molar-refractivity contribution in [3.05, 3.63) is 99.0 Å².